The summed E-state index contributed by atoms with van der Waals surface area (Å²) in [5.74, 6) is 0.0998. The highest BCUT2D eigenvalue weighted by Crippen LogP contribution is 2.42. The summed E-state index contributed by atoms with van der Waals surface area (Å²) in [5, 5.41) is 11.5. The van der Waals surface area contributed by atoms with E-state index in [4.69, 9.17) is 14.2 Å². The van der Waals surface area contributed by atoms with Gasteiger partial charge in [0.15, 0.2) is 11.5 Å². The lowest BCUT2D eigenvalue weighted by Crippen LogP contribution is -2.33. The van der Waals surface area contributed by atoms with Crippen LogP contribution in [0.25, 0.3) is 5.76 Å². The lowest BCUT2D eigenvalue weighted by molar-refractivity contribution is -0.140. The van der Waals surface area contributed by atoms with Crippen molar-refractivity contribution in [3.05, 3.63) is 95.1 Å². The summed E-state index contributed by atoms with van der Waals surface area (Å²) >= 11 is 0. The van der Waals surface area contributed by atoms with E-state index in [1.54, 1.807) is 23.1 Å². The first-order valence-corrected chi connectivity index (χ1v) is 14.2. The minimum absolute atomic E-state index is 0.0507. The molecule has 2 heterocycles. The maximum atomic E-state index is 13.5. The van der Waals surface area contributed by atoms with E-state index in [2.05, 4.69) is 18.7 Å². The molecule has 0 unspecified atom stereocenters. The van der Waals surface area contributed by atoms with E-state index in [0.717, 1.165) is 25.2 Å². The van der Waals surface area contributed by atoms with Crippen LogP contribution < -0.4 is 14.2 Å². The predicted molar refractivity (Wildman–Crippen MR) is 156 cm³/mol. The average Bonchev–Trinajstić information content (AvgIpc) is 3.27. The van der Waals surface area contributed by atoms with E-state index < -0.39 is 17.7 Å². The second-order valence-corrected chi connectivity index (χ2v) is 10.1. The Morgan fingerprint density at radius 3 is 2.46 bits per heavy atom. The molecule has 0 spiro atoms. The summed E-state index contributed by atoms with van der Waals surface area (Å²) in [5.41, 5.74) is 2.15. The molecule has 0 saturated carbocycles. The minimum atomic E-state index is -0.764. The van der Waals surface area contributed by atoms with E-state index in [0.29, 0.717) is 61.2 Å². The Kier molecular flexibility index (Phi) is 8.89. The Morgan fingerprint density at radius 1 is 0.951 bits per heavy atom. The Hall–Kier alpha value is -4.30. The van der Waals surface area contributed by atoms with Crippen LogP contribution in [0.5, 0.6) is 17.2 Å². The summed E-state index contributed by atoms with van der Waals surface area (Å²) < 4.78 is 17.4. The average molecular weight is 557 g/mol. The zero-order valence-electron chi connectivity index (χ0n) is 23.5. The van der Waals surface area contributed by atoms with E-state index in [-0.39, 0.29) is 11.3 Å². The molecule has 214 valence electrons. The van der Waals surface area contributed by atoms with Crippen LogP contribution in [-0.2, 0) is 16.2 Å². The van der Waals surface area contributed by atoms with Crippen molar-refractivity contribution in [2.45, 2.75) is 32.9 Å². The number of aliphatic hydroxyl groups excluding tert-OH is 1. The Labute approximate surface area is 240 Å². The van der Waals surface area contributed by atoms with E-state index in [9.17, 15) is 14.7 Å². The fourth-order valence-electron chi connectivity index (χ4n) is 5.32. The number of carbonyl (C=O) groups excluding carboxylic acids is 2. The van der Waals surface area contributed by atoms with E-state index in [1.807, 2.05) is 54.6 Å². The van der Waals surface area contributed by atoms with Crippen molar-refractivity contribution >= 4 is 17.4 Å². The first-order chi connectivity index (χ1) is 20.0. The molecule has 5 rings (SSSR count). The maximum absolute atomic E-state index is 13.5. The van der Waals surface area contributed by atoms with Crippen LogP contribution >= 0.6 is 0 Å². The second kappa shape index (κ2) is 12.9. The number of hydrogen-bond acceptors (Lipinski definition) is 7. The third kappa shape index (κ3) is 6.23. The van der Waals surface area contributed by atoms with E-state index >= 15 is 0 Å². The standard InChI is InChI=1S/C33H36N2O6/c1-3-34(4-2)16-9-17-35-30(24-12-8-13-26(20-24)41-22-23-10-6-5-7-11-23)29(32(37)33(35)38)31(36)25-14-15-27-28(21-25)40-19-18-39-27/h5-8,10-15,20-21,30,36H,3-4,9,16-19,22H2,1-2H3/t30-/m1/s1. The number of ether oxygens (including phenoxy) is 3. The van der Waals surface area contributed by atoms with Crippen molar-refractivity contribution in [2.24, 2.45) is 0 Å². The van der Waals surface area contributed by atoms with Crippen LogP contribution in [0.2, 0.25) is 0 Å². The maximum Gasteiger partial charge on any atom is 0.295 e. The van der Waals surface area contributed by atoms with Gasteiger partial charge in [-0.1, -0.05) is 56.3 Å². The van der Waals surface area contributed by atoms with Gasteiger partial charge in [0.05, 0.1) is 11.6 Å². The molecule has 3 aromatic carbocycles. The van der Waals surface area contributed by atoms with Gasteiger partial charge >= 0.3 is 0 Å². The number of amides is 1. The van der Waals surface area contributed by atoms with Gasteiger partial charge in [-0.3, -0.25) is 9.59 Å². The van der Waals surface area contributed by atoms with Gasteiger partial charge in [-0.05, 0) is 67.5 Å². The number of Topliss-reactive ketones (excluding diaryl/α,β-unsaturated/α-hetero) is 1. The molecule has 41 heavy (non-hydrogen) atoms. The molecule has 0 aromatic heterocycles. The molecule has 0 aliphatic carbocycles. The summed E-state index contributed by atoms with van der Waals surface area (Å²) in [6.45, 7) is 8.40. The van der Waals surface area contributed by atoms with Crippen molar-refractivity contribution in [1.29, 1.82) is 0 Å². The molecular weight excluding hydrogens is 520 g/mol. The molecule has 8 heteroatoms. The van der Waals surface area contributed by atoms with Crippen molar-refractivity contribution < 1.29 is 28.9 Å². The SMILES string of the molecule is CCN(CC)CCCN1C(=O)C(=O)C(=C(O)c2ccc3c(c2)OCCO3)[C@H]1c1cccc(OCc2ccccc2)c1. The summed E-state index contributed by atoms with van der Waals surface area (Å²) in [6, 6.07) is 21.5. The van der Waals surface area contributed by atoms with Crippen molar-refractivity contribution in [2.75, 3.05) is 39.4 Å². The number of ketones is 1. The highest BCUT2D eigenvalue weighted by atomic mass is 16.6. The minimum Gasteiger partial charge on any atom is -0.507 e. The molecule has 3 aromatic rings. The van der Waals surface area contributed by atoms with Gasteiger partial charge in [0.1, 0.15) is 31.3 Å². The molecule has 8 nitrogen and oxygen atoms in total. The van der Waals surface area contributed by atoms with Gasteiger partial charge in [0, 0.05) is 12.1 Å². The Morgan fingerprint density at radius 2 is 1.71 bits per heavy atom. The smallest absolute Gasteiger partial charge is 0.295 e. The number of fused-ring (bicyclic) bond motifs is 1. The van der Waals surface area contributed by atoms with Gasteiger partial charge < -0.3 is 29.1 Å². The van der Waals surface area contributed by atoms with E-state index in [1.165, 1.54) is 0 Å². The fraction of sp³-hybridized carbons (Fsp3) is 0.333. The number of benzene rings is 3. The van der Waals surface area contributed by atoms with Gasteiger partial charge in [-0.25, -0.2) is 0 Å². The van der Waals surface area contributed by atoms with Gasteiger partial charge in [-0.2, -0.15) is 0 Å². The zero-order chi connectivity index (χ0) is 28.8. The van der Waals surface area contributed by atoms with Gasteiger partial charge in [0.2, 0.25) is 0 Å². The van der Waals surface area contributed by atoms with Crippen LogP contribution in [0.15, 0.2) is 78.4 Å². The molecule has 1 saturated heterocycles. The summed E-state index contributed by atoms with van der Waals surface area (Å²) in [6.07, 6.45) is 0.694. The summed E-state index contributed by atoms with van der Waals surface area (Å²) in [4.78, 5) is 30.8. The number of rotatable bonds is 11. The second-order valence-electron chi connectivity index (χ2n) is 10.1. The number of carbonyl (C=O) groups is 2. The monoisotopic (exact) mass is 556 g/mol. The quantitative estimate of drug-likeness (QED) is 0.198. The van der Waals surface area contributed by atoms with Crippen molar-refractivity contribution in [3.63, 3.8) is 0 Å². The Balaban J connectivity index is 1.50. The molecule has 1 fully saturated rings. The van der Waals surface area contributed by atoms with Crippen LogP contribution in [-0.4, -0.2) is 66.0 Å². The number of aliphatic hydroxyl groups is 1. The van der Waals surface area contributed by atoms with Crippen LogP contribution in [0.3, 0.4) is 0 Å². The van der Waals surface area contributed by atoms with Crippen LogP contribution in [0, 0.1) is 0 Å². The molecule has 1 atom stereocenters. The Bertz CT molecular complexity index is 1420. The molecule has 0 bridgehead atoms. The normalized spacial score (nSPS) is 17.7. The highest BCUT2D eigenvalue weighted by Gasteiger charge is 2.46. The van der Waals surface area contributed by atoms with Gasteiger partial charge in [0.25, 0.3) is 11.7 Å². The third-order valence-electron chi connectivity index (χ3n) is 7.55. The summed E-state index contributed by atoms with van der Waals surface area (Å²) in [7, 11) is 0. The highest BCUT2D eigenvalue weighted by molar-refractivity contribution is 6.46. The molecule has 2 aliphatic rings. The molecule has 2 aliphatic heterocycles. The number of likely N-dealkylation sites (tertiary alicyclic amines) is 1. The number of nitrogens with zero attached hydrogens (tertiary/aromatic N) is 2. The first-order valence-electron chi connectivity index (χ1n) is 14.2. The largest absolute Gasteiger partial charge is 0.507 e. The van der Waals surface area contributed by atoms with Crippen molar-refractivity contribution in [1.82, 2.24) is 9.80 Å². The fourth-order valence-corrected chi connectivity index (χ4v) is 5.32. The molecule has 1 N–H and O–H groups in total. The molecular formula is C33H36N2O6. The van der Waals surface area contributed by atoms with Crippen LogP contribution in [0.1, 0.15) is 43.0 Å². The lowest BCUT2D eigenvalue weighted by atomic mass is 9.95. The molecule has 0 radical (unpaired) electrons. The van der Waals surface area contributed by atoms with Gasteiger partial charge in [-0.15, -0.1) is 0 Å². The predicted octanol–water partition coefficient (Wildman–Crippen LogP) is 5.19. The lowest BCUT2D eigenvalue weighted by Gasteiger charge is -2.27. The zero-order valence-corrected chi connectivity index (χ0v) is 23.5. The third-order valence-corrected chi connectivity index (χ3v) is 7.55. The van der Waals surface area contributed by atoms with Crippen molar-refractivity contribution in [3.8, 4) is 17.2 Å². The number of hydrogen-bond donors (Lipinski definition) is 1. The van der Waals surface area contributed by atoms with Crippen LogP contribution in [0.4, 0.5) is 0 Å². The molecule has 1 amide bonds. The topological polar surface area (TPSA) is 88.5 Å². The first kappa shape index (κ1) is 28.2.